The highest BCUT2D eigenvalue weighted by Gasteiger charge is 2.26. The summed E-state index contributed by atoms with van der Waals surface area (Å²) >= 11 is 0. The second-order valence-electron chi connectivity index (χ2n) is 4.25. The molecule has 23 heavy (non-hydrogen) atoms. The summed E-state index contributed by atoms with van der Waals surface area (Å²) in [7, 11) is 0. The van der Waals surface area contributed by atoms with E-state index >= 15 is 0 Å². The lowest BCUT2D eigenvalue weighted by Crippen LogP contribution is -2.22. The van der Waals surface area contributed by atoms with Gasteiger partial charge in [0.05, 0.1) is 0 Å². The summed E-state index contributed by atoms with van der Waals surface area (Å²) in [5, 5.41) is 18.2. The Hall–Kier alpha value is -3.17. The third-order valence-corrected chi connectivity index (χ3v) is 2.64. The minimum absolute atomic E-state index is 0.0198. The number of aromatic hydroxyl groups is 1. The van der Waals surface area contributed by atoms with E-state index in [1.54, 1.807) is 0 Å². The van der Waals surface area contributed by atoms with Gasteiger partial charge in [-0.3, -0.25) is 0 Å². The van der Waals surface area contributed by atoms with Crippen molar-refractivity contribution in [3.8, 4) is 11.5 Å². The van der Waals surface area contributed by atoms with E-state index in [1.807, 2.05) is 0 Å². The average molecular weight is 328 g/mol. The lowest BCUT2D eigenvalue weighted by molar-refractivity contribution is -0.0106. The number of ether oxygens (including phenoxy) is 5. The summed E-state index contributed by atoms with van der Waals surface area (Å²) in [6.45, 7) is -0.787. The Morgan fingerprint density at radius 3 is 2.74 bits per heavy atom. The van der Waals surface area contributed by atoms with Gasteiger partial charge in [-0.05, 0) is 18.2 Å². The number of carboxylic acid groups (broad SMARTS) is 1. The molecule has 1 fully saturated rings. The largest absolute Gasteiger partial charge is 0.511 e. The normalized spacial score (nSPS) is 16.2. The van der Waals surface area contributed by atoms with Crippen molar-refractivity contribution in [1.82, 2.24) is 0 Å². The third-order valence-electron chi connectivity index (χ3n) is 2.64. The van der Waals surface area contributed by atoms with Crippen LogP contribution in [-0.4, -0.2) is 54.6 Å². The molecule has 0 amide bonds. The van der Waals surface area contributed by atoms with Crippen molar-refractivity contribution in [2.45, 2.75) is 6.10 Å². The maximum Gasteiger partial charge on any atom is 0.511 e. The molecule has 1 aromatic carbocycles. The van der Waals surface area contributed by atoms with E-state index in [0.717, 1.165) is 12.1 Å². The predicted octanol–water partition coefficient (Wildman–Crippen LogP) is 1.12. The van der Waals surface area contributed by atoms with Gasteiger partial charge in [0, 0.05) is 0 Å². The number of carboxylic acids is 1. The molecular formula is C13H12O10. The molecule has 2 rings (SSSR count). The van der Waals surface area contributed by atoms with E-state index in [2.05, 4.69) is 18.9 Å². The molecule has 0 saturated carbocycles. The van der Waals surface area contributed by atoms with Crippen molar-refractivity contribution in [2.75, 3.05) is 20.0 Å². The number of carbonyl (C=O) groups excluding carboxylic acids is 2. The first-order valence-corrected chi connectivity index (χ1v) is 6.28. The molecule has 0 spiro atoms. The van der Waals surface area contributed by atoms with Gasteiger partial charge in [-0.2, -0.15) is 0 Å². The van der Waals surface area contributed by atoms with Gasteiger partial charge >= 0.3 is 18.3 Å². The Balaban J connectivity index is 1.72. The zero-order valence-corrected chi connectivity index (χ0v) is 11.6. The number of aromatic carboxylic acids is 1. The Kier molecular flexibility index (Phi) is 5.07. The molecule has 1 aliphatic rings. The van der Waals surface area contributed by atoms with Crippen LogP contribution in [0.2, 0.25) is 0 Å². The maximum absolute atomic E-state index is 11.3. The molecule has 10 nitrogen and oxygen atoms in total. The van der Waals surface area contributed by atoms with Crippen LogP contribution in [0.1, 0.15) is 10.4 Å². The minimum atomic E-state index is -1.33. The highest BCUT2D eigenvalue weighted by molar-refractivity contribution is 5.91. The third kappa shape index (κ3) is 4.66. The molecule has 1 atom stereocenters. The number of carbonyl (C=O) groups is 3. The summed E-state index contributed by atoms with van der Waals surface area (Å²) < 4.78 is 23.4. The van der Waals surface area contributed by atoms with E-state index in [4.69, 9.17) is 9.84 Å². The topological polar surface area (TPSA) is 138 Å². The van der Waals surface area contributed by atoms with E-state index in [9.17, 15) is 19.5 Å². The molecule has 0 bridgehead atoms. The van der Waals surface area contributed by atoms with Crippen molar-refractivity contribution >= 4 is 18.3 Å². The number of rotatable bonds is 6. The molecule has 1 aromatic rings. The second-order valence-corrected chi connectivity index (χ2v) is 4.25. The number of phenols is 1. The quantitative estimate of drug-likeness (QED) is 0.577. The Morgan fingerprint density at radius 1 is 1.30 bits per heavy atom. The fourth-order valence-corrected chi connectivity index (χ4v) is 1.57. The summed E-state index contributed by atoms with van der Waals surface area (Å²) in [5.74, 6) is -1.67. The second kappa shape index (κ2) is 7.20. The summed E-state index contributed by atoms with van der Waals surface area (Å²) in [5.41, 5.74) is -0.354. The van der Waals surface area contributed by atoms with Crippen LogP contribution in [-0.2, 0) is 18.9 Å². The van der Waals surface area contributed by atoms with Gasteiger partial charge in [0.15, 0.2) is 6.10 Å². The predicted molar refractivity (Wildman–Crippen MR) is 69.2 cm³/mol. The lowest BCUT2D eigenvalue weighted by Gasteiger charge is -2.10. The Morgan fingerprint density at radius 2 is 2.09 bits per heavy atom. The smallest absolute Gasteiger partial charge is 0.507 e. The molecular weight excluding hydrogens is 316 g/mol. The highest BCUT2D eigenvalue weighted by Crippen LogP contribution is 2.22. The van der Waals surface area contributed by atoms with Gasteiger partial charge < -0.3 is 33.9 Å². The number of cyclic esters (lactones) is 2. The van der Waals surface area contributed by atoms with E-state index < -0.39 is 36.9 Å². The molecule has 124 valence electrons. The van der Waals surface area contributed by atoms with Gasteiger partial charge in [-0.25, -0.2) is 14.4 Å². The van der Waals surface area contributed by atoms with Crippen LogP contribution in [0.4, 0.5) is 9.59 Å². The average Bonchev–Trinajstić information content (AvgIpc) is 2.92. The molecule has 1 heterocycles. The van der Waals surface area contributed by atoms with Crippen LogP contribution in [0.15, 0.2) is 18.2 Å². The van der Waals surface area contributed by atoms with Gasteiger partial charge in [0.1, 0.15) is 30.3 Å². The maximum atomic E-state index is 11.3. The van der Waals surface area contributed by atoms with E-state index in [1.165, 1.54) is 6.07 Å². The molecule has 1 saturated heterocycles. The lowest BCUT2D eigenvalue weighted by atomic mass is 10.2. The zero-order valence-electron chi connectivity index (χ0n) is 11.6. The molecule has 2 N–H and O–H groups in total. The van der Waals surface area contributed by atoms with Crippen LogP contribution in [0.25, 0.3) is 0 Å². The van der Waals surface area contributed by atoms with E-state index in [-0.39, 0.29) is 24.5 Å². The van der Waals surface area contributed by atoms with Crippen molar-refractivity contribution < 1.29 is 48.3 Å². The Bertz CT molecular complexity index is 611. The van der Waals surface area contributed by atoms with Gasteiger partial charge in [-0.1, -0.05) is 0 Å². The van der Waals surface area contributed by atoms with Crippen molar-refractivity contribution in [3.05, 3.63) is 23.8 Å². The standard InChI is InChI=1S/C13H12O10/c14-10-2-1-7(3-9(10)11(15)16)21-6-22-12(17)19-4-8-5-20-13(18)23-8/h1-3,8,14H,4-6H2,(H,15,16). The minimum Gasteiger partial charge on any atom is -0.507 e. The van der Waals surface area contributed by atoms with E-state index in [0.29, 0.717) is 0 Å². The molecule has 10 heteroatoms. The highest BCUT2D eigenvalue weighted by atomic mass is 16.8. The number of benzene rings is 1. The number of hydrogen-bond acceptors (Lipinski definition) is 9. The van der Waals surface area contributed by atoms with Crippen molar-refractivity contribution in [2.24, 2.45) is 0 Å². The first-order chi connectivity index (χ1) is 11.0. The Labute approximate surface area is 129 Å². The monoisotopic (exact) mass is 328 g/mol. The summed E-state index contributed by atoms with van der Waals surface area (Å²) in [4.78, 5) is 32.7. The van der Waals surface area contributed by atoms with Gasteiger partial charge in [0.2, 0.25) is 6.79 Å². The fraction of sp³-hybridized carbons (Fsp3) is 0.308. The summed E-state index contributed by atoms with van der Waals surface area (Å²) in [6.07, 6.45) is -2.59. The summed E-state index contributed by atoms with van der Waals surface area (Å²) in [6, 6.07) is 3.50. The van der Waals surface area contributed by atoms with Crippen LogP contribution in [0, 0.1) is 0 Å². The van der Waals surface area contributed by atoms with Crippen LogP contribution >= 0.6 is 0 Å². The van der Waals surface area contributed by atoms with Crippen molar-refractivity contribution in [1.29, 1.82) is 0 Å². The number of hydrogen-bond donors (Lipinski definition) is 2. The first-order valence-electron chi connectivity index (χ1n) is 6.28. The molecule has 1 aliphatic heterocycles. The van der Waals surface area contributed by atoms with Crippen LogP contribution < -0.4 is 4.74 Å². The molecule has 0 aromatic heterocycles. The van der Waals surface area contributed by atoms with Gasteiger partial charge in [-0.15, -0.1) is 0 Å². The SMILES string of the molecule is O=C(OCOc1ccc(O)c(C(=O)O)c1)OCC1COC(=O)O1. The zero-order chi connectivity index (χ0) is 16.8. The molecule has 1 unspecified atom stereocenters. The molecule has 0 aliphatic carbocycles. The van der Waals surface area contributed by atoms with Crippen molar-refractivity contribution in [3.63, 3.8) is 0 Å². The fourth-order valence-electron chi connectivity index (χ4n) is 1.57. The van der Waals surface area contributed by atoms with Gasteiger partial charge in [0.25, 0.3) is 0 Å². The van der Waals surface area contributed by atoms with Crippen LogP contribution in [0.5, 0.6) is 11.5 Å². The first kappa shape index (κ1) is 16.2. The van der Waals surface area contributed by atoms with Crippen LogP contribution in [0.3, 0.4) is 0 Å². The molecule has 0 radical (unpaired) electrons.